The molecule has 0 radical (unpaired) electrons. The Bertz CT molecular complexity index is 733. The second kappa shape index (κ2) is 9.48. The Morgan fingerprint density at radius 1 is 1.07 bits per heavy atom. The van der Waals surface area contributed by atoms with Crippen molar-refractivity contribution in [3.63, 3.8) is 0 Å². The molecule has 0 spiro atoms. The Morgan fingerprint density at radius 2 is 1.74 bits per heavy atom. The number of rotatable bonds is 7. The maximum absolute atomic E-state index is 13.7. The fourth-order valence-electron chi connectivity index (χ4n) is 3.43. The van der Waals surface area contributed by atoms with Crippen LogP contribution in [0.4, 0.5) is 10.1 Å². The van der Waals surface area contributed by atoms with Crippen molar-refractivity contribution in [2.75, 3.05) is 44.6 Å². The largest absolute Gasteiger partial charge is 0.488 e. The van der Waals surface area contributed by atoms with Gasteiger partial charge in [-0.2, -0.15) is 0 Å². The lowest BCUT2D eigenvalue weighted by Gasteiger charge is -2.32. The van der Waals surface area contributed by atoms with Crippen molar-refractivity contribution in [2.24, 2.45) is 0 Å². The van der Waals surface area contributed by atoms with Crippen molar-refractivity contribution in [1.82, 2.24) is 0 Å². The van der Waals surface area contributed by atoms with Gasteiger partial charge in [0.15, 0.2) is 6.04 Å². The third kappa shape index (κ3) is 5.52. The normalized spacial score (nSPS) is 20.7. The van der Waals surface area contributed by atoms with Gasteiger partial charge in [-0.3, -0.25) is 4.79 Å². The summed E-state index contributed by atoms with van der Waals surface area (Å²) in [5, 5.41) is 2.71. The molecule has 1 amide bonds. The number of ether oxygens (including phenoxy) is 1. The summed E-state index contributed by atoms with van der Waals surface area (Å²) >= 11 is 0. The van der Waals surface area contributed by atoms with Crippen LogP contribution in [0.3, 0.4) is 0 Å². The molecular formula is C21H28FN3O2+2. The molecule has 0 bridgehead atoms. The number of para-hydroxylation sites is 2. The average Bonchev–Trinajstić information content (AvgIpc) is 2.70. The highest BCUT2D eigenvalue weighted by Gasteiger charge is 2.31. The first kappa shape index (κ1) is 19.3. The third-order valence-electron chi connectivity index (χ3n) is 5.20. The Morgan fingerprint density at radius 3 is 2.44 bits per heavy atom. The van der Waals surface area contributed by atoms with Gasteiger partial charge in [-0.05, 0) is 31.2 Å². The van der Waals surface area contributed by atoms with Gasteiger partial charge in [-0.25, -0.2) is 4.39 Å². The van der Waals surface area contributed by atoms with Crippen LogP contribution < -0.4 is 19.9 Å². The molecule has 5 nitrogen and oxygen atoms in total. The molecule has 3 N–H and O–H groups in total. The quantitative estimate of drug-likeness (QED) is 0.641. The number of hydrogen-bond donors (Lipinski definition) is 3. The predicted molar refractivity (Wildman–Crippen MR) is 103 cm³/mol. The summed E-state index contributed by atoms with van der Waals surface area (Å²) in [6, 6.07) is 15.9. The minimum absolute atomic E-state index is 0.133. The summed E-state index contributed by atoms with van der Waals surface area (Å²) in [6.45, 7) is 7.42. The number of benzene rings is 2. The molecular weight excluding hydrogens is 345 g/mol. The van der Waals surface area contributed by atoms with Crippen LogP contribution in [-0.2, 0) is 4.79 Å². The molecule has 0 aliphatic carbocycles. The minimum atomic E-state index is -0.402. The number of nitrogens with one attached hydrogen (secondary N) is 3. The lowest BCUT2D eigenvalue weighted by atomic mass is 10.2. The summed E-state index contributed by atoms with van der Waals surface area (Å²) < 4.78 is 19.5. The number of quaternary nitrogens is 2. The van der Waals surface area contributed by atoms with Crippen molar-refractivity contribution in [3.8, 4) is 5.75 Å². The Labute approximate surface area is 159 Å². The Kier molecular flexibility index (Phi) is 6.79. The van der Waals surface area contributed by atoms with E-state index in [1.165, 1.54) is 15.9 Å². The first-order valence-electron chi connectivity index (χ1n) is 9.55. The monoisotopic (exact) mass is 373 g/mol. The predicted octanol–water partition coefficient (Wildman–Crippen LogP) is 0.0151. The molecule has 1 fully saturated rings. The maximum Gasteiger partial charge on any atom is 0.282 e. The SMILES string of the molecule is C[C@@H](C(=O)Nc1ccccc1F)[NH+]1CC[NH+](CCOc2ccccc2)CC1. The van der Waals surface area contributed by atoms with Gasteiger partial charge in [0.05, 0.1) is 5.69 Å². The zero-order valence-corrected chi connectivity index (χ0v) is 15.7. The molecule has 6 heteroatoms. The second-order valence-corrected chi connectivity index (χ2v) is 7.01. The molecule has 27 heavy (non-hydrogen) atoms. The van der Waals surface area contributed by atoms with Crippen LogP contribution in [0.15, 0.2) is 54.6 Å². The topological polar surface area (TPSA) is 47.2 Å². The molecule has 1 atom stereocenters. The number of amides is 1. The number of carbonyl (C=O) groups is 1. The molecule has 0 unspecified atom stereocenters. The van der Waals surface area contributed by atoms with Gasteiger partial charge in [-0.15, -0.1) is 0 Å². The van der Waals surface area contributed by atoms with Crippen LogP contribution >= 0.6 is 0 Å². The zero-order chi connectivity index (χ0) is 19.1. The fourth-order valence-corrected chi connectivity index (χ4v) is 3.43. The number of carbonyl (C=O) groups excluding carboxylic acids is 1. The second-order valence-electron chi connectivity index (χ2n) is 7.01. The van der Waals surface area contributed by atoms with E-state index >= 15 is 0 Å². The maximum atomic E-state index is 13.7. The summed E-state index contributed by atoms with van der Waals surface area (Å²) in [5.41, 5.74) is 0.246. The van der Waals surface area contributed by atoms with Gasteiger partial charge in [0.25, 0.3) is 5.91 Å². The van der Waals surface area contributed by atoms with Gasteiger partial charge >= 0.3 is 0 Å². The van der Waals surface area contributed by atoms with Crippen LogP contribution in [0.5, 0.6) is 5.75 Å². The minimum Gasteiger partial charge on any atom is -0.488 e. The van der Waals surface area contributed by atoms with Crippen molar-refractivity contribution < 1.29 is 23.7 Å². The molecule has 3 rings (SSSR count). The van der Waals surface area contributed by atoms with E-state index in [1.54, 1.807) is 18.2 Å². The van der Waals surface area contributed by atoms with E-state index in [0.29, 0.717) is 6.61 Å². The van der Waals surface area contributed by atoms with Gasteiger partial charge in [0, 0.05) is 0 Å². The van der Waals surface area contributed by atoms with Gasteiger partial charge in [0.2, 0.25) is 0 Å². The molecule has 1 heterocycles. The summed E-state index contributed by atoms with van der Waals surface area (Å²) in [7, 11) is 0. The fraction of sp³-hybridized carbons (Fsp3) is 0.381. The molecule has 1 saturated heterocycles. The van der Waals surface area contributed by atoms with Crippen LogP contribution in [0, 0.1) is 5.82 Å². The van der Waals surface area contributed by atoms with Gasteiger partial charge < -0.3 is 19.9 Å². The van der Waals surface area contributed by atoms with Crippen molar-refractivity contribution in [3.05, 3.63) is 60.4 Å². The van der Waals surface area contributed by atoms with Crippen LogP contribution in [0.2, 0.25) is 0 Å². The van der Waals surface area contributed by atoms with Crippen molar-refractivity contribution in [1.29, 1.82) is 0 Å². The first-order valence-corrected chi connectivity index (χ1v) is 9.55. The van der Waals surface area contributed by atoms with E-state index in [2.05, 4.69) is 5.32 Å². The standard InChI is InChI=1S/C21H26FN3O2/c1-17(21(26)23-20-10-6-5-9-19(20)22)25-13-11-24(12-14-25)15-16-27-18-7-3-2-4-8-18/h2-10,17H,11-16H2,1H3,(H,23,26)/p+2/t17-/m0/s1. The summed E-state index contributed by atoms with van der Waals surface area (Å²) in [5.74, 6) is 0.367. The van der Waals surface area contributed by atoms with E-state index in [-0.39, 0.29) is 17.6 Å². The van der Waals surface area contributed by atoms with E-state index in [4.69, 9.17) is 4.74 Å². The molecule has 144 valence electrons. The van der Waals surface area contributed by atoms with Gasteiger partial charge in [0.1, 0.15) is 50.9 Å². The highest BCUT2D eigenvalue weighted by Crippen LogP contribution is 2.12. The number of halogens is 1. The van der Waals surface area contributed by atoms with E-state index in [9.17, 15) is 9.18 Å². The highest BCUT2D eigenvalue weighted by molar-refractivity contribution is 5.93. The molecule has 1 aliphatic heterocycles. The lowest BCUT2D eigenvalue weighted by Crippen LogP contribution is -3.30. The molecule has 0 saturated carbocycles. The molecule has 0 aromatic heterocycles. The molecule has 1 aliphatic rings. The first-order chi connectivity index (χ1) is 13.1. The molecule has 2 aromatic rings. The Balaban J connectivity index is 1.40. The van der Waals surface area contributed by atoms with E-state index in [1.807, 2.05) is 37.3 Å². The van der Waals surface area contributed by atoms with Crippen molar-refractivity contribution >= 4 is 11.6 Å². The third-order valence-corrected chi connectivity index (χ3v) is 5.20. The highest BCUT2D eigenvalue weighted by atomic mass is 19.1. The smallest absolute Gasteiger partial charge is 0.282 e. The zero-order valence-electron chi connectivity index (χ0n) is 15.7. The van der Waals surface area contributed by atoms with E-state index < -0.39 is 5.82 Å². The summed E-state index contributed by atoms with van der Waals surface area (Å²) in [4.78, 5) is 15.2. The van der Waals surface area contributed by atoms with Crippen LogP contribution in [0.1, 0.15) is 6.92 Å². The van der Waals surface area contributed by atoms with Crippen LogP contribution in [-0.4, -0.2) is 51.3 Å². The van der Waals surface area contributed by atoms with E-state index in [0.717, 1.165) is 38.5 Å². The molecule has 2 aromatic carbocycles. The number of anilines is 1. The van der Waals surface area contributed by atoms with Crippen molar-refractivity contribution in [2.45, 2.75) is 13.0 Å². The average molecular weight is 373 g/mol. The van der Waals surface area contributed by atoms with Crippen LogP contribution in [0.25, 0.3) is 0 Å². The Hall–Kier alpha value is -2.44. The lowest BCUT2D eigenvalue weighted by molar-refractivity contribution is -1.02. The van der Waals surface area contributed by atoms with Gasteiger partial charge in [-0.1, -0.05) is 30.3 Å². The summed E-state index contributed by atoms with van der Waals surface area (Å²) in [6.07, 6.45) is 0. The number of piperazine rings is 1. The number of hydrogen-bond acceptors (Lipinski definition) is 2.